The van der Waals surface area contributed by atoms with Crippen LogP contribution in [0.25, 0.3) is 5.65 Å². The molecule has 16 heavy (non-hydrogen) atoms. The lowest BCUT2D eigenvalue weighted by Crippen LogP contribution is -2.15. The fraction of sp³-hybridized carbons (Fsp3) is 0.455. The summed E-state index contributed by atoms with van der Waals surface area (Å²) in [5.41, 5.74) is 2.05. The number of unbranched alkanes of at least 4 members (excludes halogenated alkanes) is 1. The molecular weight excluding hydrogens is 268 g/mol. The summed E-state index contributed by atoms with van der Waals surface area (Å²) in [6, 6.07) is 0. The molecule has 0 aliphatic heterocycles. The van der Waals surface area contributed by atoms with Crippen LogP contribution in [-0.2, 0) is 6.54 Å². The monoisotopic (exact) mass is 282 g/mol. The van der Waals surface area contributed by atoms with Gasteiger partial charge in [-0.3, -0.25) is 4.40 Å². The largest absolute Gasteiger partial charge is 0.311 e. The maximum absolute atomic E-state index is 4.30. The van der Waals surface area contributed by atoms with Crippen LogP contribution in [0.5, 0.6) is 0 Å². The lowest BCUT2D eigenvalue weighted by molar-refractivity contribution is 0.630. The number of rotatable bonds is 5. The first-order chi connectivity index (χ1) is 7.81. The first kappa shape index (κ1) is 11.5. The maximum Gasteiger partial charge on any atom is 0.155 e. The average Bonchev–Trinajstić information content (AvgIpc) is 2.67. The van der Waals surface area contributed by atoms with E-state index in [2.05, 4.69) is 42.5 Å². The van der Waals surface area contributed by atoms with Crippen molar-refractivity contribution in [1.29, 1.82) is 0 Å². The molecule has 5 heteroatoms. The van der Waals surface area contributed by atoms with Gasteiger partial charge in [-0.05, 0) is 28.9 Å². The second-order valence-corrected chi connectivity index (χ2v) is 4.53. The van der Waals surface area contributed by atoms with Crippen LogP contribution in [0, 0.1) is 0 Å². The summed E-state index contributed by atoms with van der Waals surface area (Å²) in [6.07, 6.45) is 8.03. The van der Waals surface area contributed by atoms with Gasteiger partial charge in [0.05, 0.1) is 18.1 Å². The van der Waals surface area contributed by atoms with Crippen molar-refractivity contribution in [1.82, 2.24) is 19.7 Å². The highest BCUT2D eigenvalue weighted by molar-refractivity contribution is 9.10. The van der Waals surface area contributed by atoms with Gasteiger partial charge in [0.25, 0.3) is 0 Å². The Morgan fingerprint density at radius 2 is 2.25 bits per heavy atom. The summed E-state index contributed by atoms with van der Waals surface area (Å²) in [5, 5.41) is 3.40. The van der Waals surface area contributed by atoms with Crippen molar-refractivity contribution in [3.8, 4) is 0 Å². The smallest absolute Gasteiger partial charge is 0.155 e. The summed E-state index contributed by atoms with van der Waals surface area (Å²) in [7, 11) is 0. The fourth-order valence-corrected chi connectivity index (χ4v) is 1.87. The third-order valence-corrected chi connectivity index (χ3v) is 2.86. The number of halogens is 1. The van der Waals surface area contributed by atoms with Crippen molar-refractivity contribution < 1.29 is 0 Å². The Hall–Kier alpha value is -0.940. The number of hydrogen-bond donors (Lipinski definition) is 1. The third kappa shape index (κ3) is 2.59. The van der Waals surface area contributed by atoms with Gasteiger partial charge < -0.3 is 5.32 Å². The Bertz CT molecular complexity index is 466. The second kappa shape index (κ2) is 5.41. The highest BCUT2D eigenvalue weighted by atomic mass is 79.9. The molecular formula is C11H15BrN4. The summed E-state index contributed by atoms with van der Waals surface area (Å²) < 4.78 is 2.88. The molecule has 2 aromatic rings. The molecule has 0 atom stereocenters. The van der Waals surface area contributed by atoms with E-state index in [1.165, 1.54) is 12.8 Å². The summed E-state index contributed by atoms with van der Waals surface area (Å²) >= 11 is 3.36. The van der Waals surface area contributed by atoms with Gasteiger partial charge in [0.2, 0.25) is 0 Å². The number of nitrogens with zero attached hydrogens (tertiary/aromatic N) is 3. The number of imidazole rings is 1. The van der Waals surface area contributed by atoms with Crippen LogP contribution < -0.4 is 5.32 Å². The van der Waals surface area contributed by atoms with Gasteiger partial charge in [0.15, 0.2) is 5.65 Å². The number of fused-ring (bicyclic) bond motifs is 1. The molecule has 2 heterocycles. The van der Waals surface area contributed by atoms with Crippen LogP contribution in [0.1, 0.15) is 25.5 Å². The van der Waals surface area contributed by atoms with Crippen LogP contribution in [0.15, 0.2) is 23.2 Å². The van der Waals surface area contributed by atoms with Gasteiger partial charge in [0, 0.05) is 12.7 Å². The lowest BCUT2D eigenvalue weighted by atomic mass is 10.3. The Labute approximate surface area is 103 Å². The minimum atomic E-state index is 0.827. The average molecular weight is 283 g/mol. The first-order valence-corrected chi connectivity index (χ1v) is 6.28. The highest BCUT2D eigenvalue weighted by Gasteiger charge is 2.03. The summed E-state index contributed by atoms with van der Waals surface area (Å²) in [4.78, 5) is 8.44. The van der Waals surface area contributed by atoms with Gasteiger partial charge in [-0.1, -0.05) is 13.3 Å². The van der Waals surface area contributed by atoms with Crippen molar-refractivity contribution in [2.45, 2.75) is 26.3 Å². The zero-order chi connectivity index (χ0) is 11.4. The van der Waals surface area contributed by atoms with Crippen LogP contribution >= 0.6 is 15.9 Å². The number of hydrogen-bond acceptors (Lipinski definition) is 3. The van der Waals surface area contributed by atoms with Gasteiger partial charge in [-0.25, -0.2) is 9.97 Å². The maximum atomic E-state index is 4.30. The van der Waals surface area contributed by atoms with Gasteiger partial charge in [-0.15, -0.1) is 0 Å². The molecule has 86 valence electrons. The van der Waals surface area contributed by atoms with Crippen LogP contribution in [0.3, 0.4) is 0 Å². The molecule has 2 aromatic heterocycles. The van der Waals surface area contributed by atoms with Crippen molar-refractivity contribution in [3.63, 3.8) is 0 Å². The zero-order valence-corrected chi connectivity index (χ0v) is 10.9. The van der Waals surface area contributed by atoms with Crippen LogP contribution in [0.4, 0.5) is 0 Å². The molecule has 0 saturated carbocycles. The van der Waals surface area contributed by atoms with Gasteiger partial charge in [0.1, 0.15) is 4.60 Å². The molecule has 0 aliphatic rings. The Morgan fingerprint density at radius 1 is 1.38 bits per heavy atom. The van der Waals surface area contributed by atoms with E-state index in [-0.39, 0.29) is 0 Å². The summed E-state index contributed by atoms with van der Waals surface area (Å²) in [6.45, 7) is 4.09. The van der Waals surface area contributed by atoms with E-state index in [0.717, 1.165) is 29.0 Å². The van der Waals surface area contributed by atoms with Gasteiger partial charge in [-0.2, -0.15) is 0 Å². The molecule has 0 fully saturated rings. The minimum Gasteiger partial charge on any atom is -0.311 e. The van der Waals surface area contributed by atoms with Crippen molar-refractivity contribution in [3.05, 3.63) is 28.9 Å². The third-order valence-electron chi connectivity index (χ3n) is 2.45. The molecule has 0 spiro atoms. The molecule has 0 amide bonds. The predicted octanol–water partition coefficient (Wildman–Crippen LogP) is 2.38. The molecule has 2 rings (SSSR count). The van der Waals surface area contributed by atoms with Crippen molar-refractivity contribution >= 4 is 21.6 Å². The summed E-state index contributed by atoms with van der Waals surface area (Å²) in [5.74, 6) is 0. The highest BCUT2D eigenvalue weighted by Crippen LogP contribution is 2.10. The van der Waals surface area contributed by atoms with Crippen LogP contribution in [0.2, 0.25) is 0 Å². The van der Waals surface area contributed by atoms with E-state index >= 15 is 0 Å². The zero-order valence-electron chi connectivity index (χ0n) is 9.28. The normalized spacial score (nSPS) is 11.1. The molecule has 1 N–H and O–H groups in total. The molecule has 4 nitrogen and oxygen atoms in total. The molecule has 0 aromatic carbocycles. The Balaban J connectivity index is 2.09. The standard InChI is InChI=1S/C11H15BrN4/c1-2-3-4-13-5-9-6-15-11-7-14-10(12)8-16(9)11/h6-8,13H,2-5H2,1H3. The van der Waals surface area contributed by atoms with E-state index in [1.54, 1.807) is 6.20 Å². The fourth-order valence-electron chi connectivity index (χ4n) is 1.57. The van der Waals surface area contributed by atoms with Crippen molar-refractivity contribution in [2.24, 2.45) is 0 Å². The van der Waals surface area contributed by atoms with Crippen molar-refractivity contribution in [2.75, 3.05) is 6.54 Å². The van der Waals surface area contributed by atoms with E-state index in [0.29, 0.717) is 0 Å². The SMILES string of the molecule is CCCCNCc1cnc2cnc(Br)cn12. The van der Waals surface area contributed by atoms with E-state index in [9.17, 15) is 0 Å². The number of nitrogens with one attached hydrogen (secondary N) is 1. The molecule has 0 bridgehead atoms. The van der Waals surface area contributed by atoms with Gasteiger partial charge >= 0.3 is 0 Å². The lowest BCUT2D eigenvalue weighted by Gasteiger charge is -2.03. The van der Waals surface area contributed by atoms with E-state index in [1.807, 2.05) is 12.4 Å². The molecule has 0 saturated heterocycles. The second-order valence-electron chi connectivity index (χ2n) is 3.72. The van der Waals surface area contributed by atoms with E-state index in [4.69, 9.17) is 0 Å². The predicted molar refractivity (Wildman–Crippen MR) is 67.3 cm³/mol. The Kier molecular flexibility index (Phi) is 3.90. The van der Waals surface area contributed by atoms with E-state index < -0.39 is 0 Å². The molecule has 0 aliphatic carbocycles. The number of aromatic nitrogens is 3. The molecule has 0 unspecified atom stereocenters. The molecule has 0 radical (unpaired) electrons. The quantitative estimate of drug-likeness (QED) is 0.857. The topological polar surface area (TPSA) is 42.2 Å². The first-order valence-electron chi connectivity index (χ1n) is 5.49. The Morgan fingerprint density at radius 3 is 3.06 bits per heavy atom. The van der Waals surface area contributed by atoms with Crippen LogP contribution in [-0.4, -0.2) is 20.9 Å². The minimum absolute atomic E-state index is 0.827.